The number of nitrogen functional groups attached to an aromatic ring is 2. The Morgan fingerprint density at radius 1 is 1.02 bits per heavy atom. The summed E-state index contributed by atoms with van der Waals surface area (Å²) in [6.45, 7) is -1.64. The number of carbonyl (C=O) groups is 1. The number of nitrogens with zero attached hydrogens (tertiary/aromatic N) is 6. The van der Waals surface area contributed by atoms with Crippen LogP contribution in [0.5, 0.6) is 0 Å². The van der Waals surface area contributed by atoms with Gasteiger partial charge in [0, 0.05) is 26.1 Å². The van der Waals surface area contributed by atoms with Gasteiger partial charge < -0.3 is 50.2 Å². The van der Waals surface area contributed by atoms with E-state index in [4.69, 9.17) is 39.5 Å². The van der Waals surface area contributed by atoms with E-state index in [1.54, 1.807) is 30.3 Å². The number of phosphoric acid groups is 2. The van der Waals surface area contributed by atoms with Crippen LogP contribution in [0.3, 0.4) is 0 Å². The Kier molecular flexibility index (Phi) is 11.9. The predicted molar refractivity (Wildman–Crippen MR) is 181 cm³/mol. The van der Waals surface area contributed by atoms with E-state index in [0.717, 1.165) is 16.5 Å². The van der Waals surface area contributed by atoms with Gasteiger partial charge in [-0.15, -0.1) is 0 Å². The van der Waals surface area contributed by atoms with Gasteiger partial charge in [0.1, 0.15) is 48.3 Å². The molecule has 292 valence electrons. The Morgan fingerprint density at radius 3 is 2.46 bits per heavy atom. The fraction of sp³-hybridized carbons (Fsp3) is 0.448. The molecule has 25 heteroatoms. The lowest BCUT2D eigenvalue weighted by Crippen LogP contribution is -2.41. The highest BCUT2D eigenvalue weighted by Crippen LogP contribution is 2.50. The van der Waals surface area contributed by atoms with Crippen molar-refractivity contribution >= 4 is 44.4 Å². The Hall–Kier alpha value is -4.22. The third kappa shape index (κ3) is 9.17. The van der Waals surface area contributed by atoms with E-state index in [-0.39, 0.29) is 35.6 Å². The standard InChI is InChI=1S/C29H36N8O15P2/c1-46-17(9-15-5-3-2-4-6-15)28(39)51-24-19(50-27(23(24)38)37-14-34-22-25(31)32-13-33-26(22)37)12-48-54(44,45)52-16-10-21(36-8-7-20(30)35-29(36)40)49-18(16)11-47-53(41,42)43/h2-8,13-14,16-19,21,23-24,27,38H,9-12H2,1H3,(H,44,45)(H2,30,35,40)(H2,31,32,33)(H2,41,42,43)/t16-,17?,18+,19-,21?,23+,24+,27?/m0/s1. The van der Waals surface area contributed by atoms with Crippen molar-refractivity contribution in [3.05, 3.63) is 71.3 Å². The van der Waals surface area contributed by atoms with Crippen LogP contribution in [0.1, 0.15) is 24.4 Å². The molecule has 0 amide bonds. The minimum atomic E-state index is -5.15. The molecule has 8 N–H and O–H groups in total. The number of hydrogen-bond acceptors (Lipinski definition) is 18. The maximum Gasteiger partial charge on any atom is 0.472 e. The first kappa shape index (κ1) is 39.5. The van der Waals surface area contributed by atoms with Crippen LogP contribution in [0.4, 0.5) is 11.6 Å². The number of aliphatic hydroxyl groups excluding tert-OH is 1. The molecule has 0 spiro atoms. The second-order valence-corrected chi connectivity index (χ2v) is 14.7. The molecular formula is C29H36N8O15P2. The summed E-state index contributed by atoms with van der Waals surface area (Å²) in [6, 6.07) is 10.2. The van der Waals surface area contributed by atoms with Crippen LogP contribution in [0.2, 0.25) is 0 Å². The van der Waals surface area contributed by atoms with Crippen molar-refractivity contribution in [2.75, 3.05) is 31.8 Å². The highest BCUT2D eigenvalue weighted by atomic mass is 31.2. The Bertz CT molecular complexity index is 2100. The van der Waals surface area contributed by atoms with E-state index < -0.39 is 89.6 Å². The summed E-state index contributed by atoms with van der Waals surface area (Å²) in [5.74, 6) is -0.939. The molecule has 2 saturated heterocycles. The van der Waals surface area contributed by atoms with Crippen molar-refractivity contribution in [1.29, 1.82) is 0 Å². The van der Waals surface area contributed by atoms with Gasteiger partial charge in [-0.3, -0.25) is 22.7 Å². The number of nitrogens with two attached hydrogens (primary N) is 2. The number of hydrogen-bond donors (Lipinski definition) is 6. The highest BCUT2D eigenvalue weighted by molar-refractivity contribution is 7.47. The number of anilines is 2. The van der Waals surface area contributed by atoms with E-state index in [2.05, 4.69) is 24.5 Å². The molecule has 4 aromatic rings. The monoisotopic (exact) mass is 798 g/mol. The molecule has 9 atom stereocenters. The lowest BCUT2D eigenvalue weighted by molar-refractivity contribution is -0.168. The van der Waals surface area contributed by atoms with Gasteiger partial charge in [-0.2, -0.15) is 4.98 Å². The third-order valence-electron chi connectivity index (χ3n) is 8.45. The molecule has 2 aliphatic rings. The second kappa shape index (κ2) is 16.3. The van der Waals surface area contributed by atoms with E-state index in [1.165, 1.54) is 30.3 Å². The van der Waals surface area contributed by atoms with Crippen molar-refractivity contribution in [1.82, 2.24) is 29.1 Å². The molecular weight excluding hydrogens is 762 g/mol. The van der Waals surface area contributed by atoms with Crippen LogP contribution >= 0.6 is 15.6 Å². The number of ether oxygens (including phenoxy) is 4. The molecule has 3 aromatic heterocycles. The summed E-state index contributed by atoms with van der Waals surface area (Å²) in [4.78, 5) is 71.0. The molecule has 0 saturated carbocycles. The van der Waals surface area contributed by atoms with Crippen molar-refractivity contribution in [3.8, 4) is 0 Å². The van der Waals surface area contributed by atoms with Crippen molar-refractivity contribution in [3.63, 3.8) is 0 Å². The SMILES string of the molecule is COC(Cc1ccccc1)C(=O)O[C@@H]1[C@H](COP(=O)(O)O[C@H]2CC(n3ccc(N)nc3=O)O[C@@H]2COP(=O)(O)O)OC(n2cnc3c(N)ncnc32)[C@@H]1O. The predicted octanol–water partition coefficient (Wildman–Crippen LogP) is -0.426. The second-order valence-electron chi connectivity index (χ2n) is 12.1. The van der Waals surface area contributed by atoms with E-state index in [1.807, 2.05) is 0 Å². The highest BCUT2D eigenvalue weighted by Gasteiger charge is 2.50. The quantitative estimate of drug-likeness (QED) is 0.0656. The first-order valence-corrected chi connectivity index (χ1v) is 19.0. The van der Waals surface area contributed by atoms with E-state index >= 15 is 0 Å². The van der Waals surface area contributed by atoms with Gasteiger partial charge in [0.2, 0.25) is 0 Å². The van der Waals surface area contributed by atoms with Gasteiger partial charge in [-0.1, -0.05) is 30.3 Å². The molecule has 0 radical (unpaired) electrons. The Morgan fingerprint density at radius 2 is 1.76 bits per heavy atom. The molecule has 54 heavy (non-hydrogen) atoms. The average Bonchev–Trinajstić information content (AvgIpc) is 3.81. The summed E-state index contributed by atoms with van der Waals surface area (Å²) < 4.78 is 65.1. The normalized spacial score (nSPS) is 26.1. The minimum absolute atomic E-state index is 0.0384. The number of carbonyl (C=O) groups excluding carboxylic acids is 1. The van der Waals surface area contributed by atoms with Gasteiger partial charge in [-0.25, -0.2) is 33.7 Å². The number of fused-ring (bicyclic) bond motifs is 1. The number of phosphoric ester groups is 2. The van der Waals surface area contributed by atoms with Crippen LogP contribution in [0.15, 0.2) is 60.0 Å². The average molecular weight is 799 g/mol. The maximum absolute atomic E-state index is 13.4. The van der Waals surface area contributed by atoms with E-state index in [0.29, 0.717) is 0 Å². The van der Waals surface area contributed by atoms with Crippen LogP contribution in [-0.4, -0.2) is 112 Å². The van der Waals surface area contributed by atoms with Gasteiger partial charge in [0.15, 0.2) is 29.9 Å². The molecule has 23 nitrogen and oxygen atoms in total. The summed E-state index contributed by atoms with van der Waals surface area (Å²) in [7, 11) is -8.88. The zero-order valence-electron chi connectivity index (χ0n) is 28.2. The number of rotatable bonds is 15. The summed E-state index contributed by atoms with van der Waals surface area (Å²) in [5, 5.41) is 11.5. The number of aromatic nitrogens is 6. The van der Waals surface area contributed by atoms with Crippen LogP contribution in [0.25, 0.3) is 11.2 Å². The largest absolute Gasteiger partial charge is 0.472 e. The van der Waals surface area contributed by atoms with Crippen molar-refractivity contribution < 1.29 is 66.2 Å². The first-order valence-electron chi connectivity index (χ1n) is 16.0. The number of methoxy groups -OCH3 is 1. The van der Waals surface area contributed by atoms with Gasteiger partial charge in [0.25, 0.3) is 0 Å². The Balaban J connectivity index is 1.21. The summed E-state index contributed by atoms with van der Waals surface area (Å²) in [6.07, 6.45) is -7.61. The number of esters is 1. The topological polar surface area (TPSA) is 327 Å². The van der Waals surface area contributed by atoms with Crippen molar-refractivity contribution in [2.24, 2.45) is 0 Å². The minimum Gasteiger partial charge on any atom is -0.455 e. The van der Waals surface area contributed by atoms with Gasteiger partial charge in [0.05, 0.1) is 19.5 Å². The molecule has 4 unspecified atom stereocenters. The zero-order valence-corrected chi connectivity index (χ0v) is 29.9. The molecule has 2 fully saturated rings. The maximum atomic E-state index is 13.4. The summed E-state index contributed by atoms with van der Waals surface area (Å²) in [5.41, 5.74) is 11.7. The third-order valence-corrected chi connectivity index (χ3v) is 9.95. The molecule has 2 aliphatic heterocycles. The molecule has 5 heterocycles. The number of benzene rings is 1. The number of imidazole rings is 1. The fourth-order valence-electron chi connectivity index (χ4n) is 5.90. The fourth-order valence-corrected chi connectivity index (χ4v) is 7.20. The molecule has 6 rings (SSSR count). The zero-order chi connectivity index (χ0) is 38.8. The molecule has 0 aliphatic carbocycles. The summed E-state index contributed by atoms with van der Waals surface area (Å²) >= 11 is 0. The Labute approximate surface area is 304 Å². The van der Waals surface area contributed by atoms with E-state index in [9.17, 15) is 38.5 Å². The molecule has 1 aromatic carbocycles. The van der Waals surface area contributed by atoms with Gasteiger partial charge >= 0.3 is 27.3 Å². The van der Waals surface area contributed by atoms with Crippen LogP contribution in [0, 0.1) is 0 Å². The van der Waals surface area contributed by atoms with Crippen LogP contribution < -0.4 is 17.2 Å². The number of aliphatic hydroxyl groups is 1. The smallest absolute Gasteiger partial charge is 0.455 e. The lowest BCUT2D eigenvalue weighted by Gasteiger charge is -2.25. The lowest BCUT2D eigenvalue weighted by atomic mass is 10.1. The van der Waals surface area contributed by atoms with Crippen LogP contribution in [-0.2, 0) is 52.9 Å². The first-order chi connectivity index (χ1) is 25.6. The van der Waals surface area contributed by atoms with Gasteiger partial charge in [-0.05, 0) is 11.6 Å². The molecule has 0 bridgehead atoms. The van der Waals surface area contributed by atoms with Crippen molar-refractivity contribution in [2.45, 2.75) is 61.9 Å².